The molecular weight excluding hydrogens is 260 g/mol. The highest BCUT2D eigenvalue weighted by Crippen LogP contribution is 2.31. The van der Waals surface area contributed by atoms with Crippen LogP contribution < -0.4 is 4.74 Å². The Morgan fingerprint density at radius 2 is 2.11 bits per heavy atom. The second-order valence-electron chi connectivity index (χ2n) is 4.91. The minimum Gasteiger partial charge on any atom is -0.496 e. The van der Waals surface area contributed by atoms with Crippen LogP contribution in [0.5, 0.6) is 5.75 Å². The van der Waals surface area contributed by atoms with Gasteiger partial charge in [0.25, 0.3) is 0 Å². The molecule has 1 fully saturated rings. The van der Waals surface area contributed by atoms with Crippen LogP contribution in [-0.2, 0) is 5.75 Å². The molecule has 1 aliphatic carbocycles. The first kappa shape index (κ1) is 14.3. The molecule has 1 aliphatic rings. The fraction of sp³-hybridized carbons (Fsp3) is 0.533. The number of ether oxygens (including phenoxy) is 1. The SMILES string of the molecule is COc1cc(CSC2CCCCC2)ccc1C(=O)O. The molecule has 0 bridgehead atoms. The first-order valence-corrected chi connectivity index (χ1v) is 7.77. The highest BCUT2D eigenvalue weighted by molar-refractivity contribution is 7.99. The number of thioether (sulfide) groups is 1. The van der Waals surface area contributed by atoms with Gasteiger partial charge in [0, 0.05) is 11.0 Å². The normalized spacial score (nSPS) is 16.3. The van der Waals surface area contributed by atoms with Crippen molar-refractivity contribution in [2.45, 2.75) is 43.1 Å². The van der Waals surface area contributed by atoms with Gasteiger partial charge in [0.2, 0.25) is 0 Å². The molecule has 1 saturated carbocycles. The third-order valence-electron chi connectivity index (χ3n) is 3.53. The van der Waals surface area contributed by atoms with Crippen molar-refractivity contribution < 1.29 is 14.6 Å². The number of benzene rings is 1. The maximum absolute atomic E-state index is 11.0. The Balaban J connectivity index is 1.98. The average Bonchev–Trinajstić information content (AvgIpc) is 2.45. The lowest BCUT2D eigenvalue weighted by molar-refractivity contribution is 0.0693. The largest absolute Gasteiger partial charge is 0.496 e. The molecule has 0 aromatic heterocycles. The predicted octanol–water partition coefficient (Wildman–Crippen LogP) is 3.96. The number of hydrogen-bond donors (Lipinski definition) is 1. The van der Waals surface area contributed by atoms with Crippen molar-refractivity contribution in [3.8, 4) is 5.75 Å². The highest BCUT2D eigenvalue weighted by Gasteiger charge is 2.15. The molecule has 0 saturated heterocycles. The van der Waals surface area contributed by atoms with Crippen LogP contribution in [0.15, 0.2) is 18.2 Å². The van der Waals surface area contributed by atoms with Crippen LogP contribution in [0.4, 0.5) is 0 Å². The van der Waals surface area contributed by atoms with E-state index in [0.717, 1.165) is 16.6 Å². The van der Waals surface area contributed by atoms with E-state index < -0.39 is 5.97 Å². The fourth-order valence-corrected chi connectivity index (χ4v) is 3.72. The van der Waals surface area contributed by atoms with E-state index in [1.165, 1.54) is 39.2 Å². The van der Waals surface area contributed by atoms with E-state index in [9.17, 15) is 4.79 Å². The molecule has 0 radical (unpaired) electrons. The van der Waals surface area contributed by atoms with Gasteiger partial charge in [0.15, 0.2) is 0 Å². The van der Waals surface area contributed by atoms with Crippen LogP contribution in [0, 0.1) is 0 Å². The summed E-state index contributed by atoms with van der Waals surface area (Å²) in [7, 11) is 1.51. The van der Waals surface area contributed by atoms with Crippen LogP contribution in [0.1, 0.15) is 48.0 Å². The summed E-state index contributed by atoms with van der Waals surface area (Å²) in [5.74, 6) is 0.443. The minimum absolute atomic E-state index is 0.230. The average molecular weight is 280 g/mol. The summed E-state index contributed by atoms with van der Waals surface area (Å²) in [6.45, 7) is 0. The Kier molecular flexibility index (Phi) is 5.14. The smallest absolute Gasteiger partial charge is 0.339 e. The second-order valence-corrected chi connectivity index (χ2v) is 6.20. The van der Waals surface area contributed by atoms with Crippen molar-refractivity contribution in [2.24, 2.45) is 0 Å². The first-order valence-electron chi connectivity index (χ1n) is 6.72. The van der Waals surface area contributed by atoms with Crippen molar-refractivity contribution in [1.82, 2.24) is 0 Å². The molecule has 0 atom stereocenters. The van der Waals surface area contributed by atoms with Crippen LogP contribution in [-0.4, -0.2) is 23.4 Å². The second kappa shape index (κ2) is 6.85. The van der Waals surface area contributed by atoms with Gasteiger partial charge in [-0.05, 0) is 30.5 Å². The number of hydrogen-bond acceptors (Lipinski definition) is 3. The van der Waals surface area contributed by atoms with E-state index >= 15 is 0 Å². The predicted molar refractivity (Wildman–Crippen MR) is 78.1 cm³/mol. The number of methoxy groups -OCH3 is 1. The van der Waals surface area contributed by atoms with Gasteiger partial charge in [-0.25, -0.2) is 4.79 Å². The van der Waals surface area contributed by atoms with Crippen molar-refractivity contribution in [3.05, 3.63) is 29.3 Å². The number of carboxylic acid groups (broad SMARTS) is 1. The molecule has 2 rings (SSSR count). The molecule has 104 valence electrons. The molecule has 1 aromatic carbocycles. The summed E-state index contributed by atoms with van der Waals surface area (Å²) >= 11 is 1.98. The lowest BCUT2D eigenvalue weighted by Crippen LogP contribution is -2.08. The maximum atomic E-state index is 11.0. The highest BCUT2D eigenvalue weighted by atomic mass is 32.2. The number of aromatic carboxylic acids is 1. The summed E-state index contributed by atoms with van der Waals surface area (Å²) in [5, 5.41) is 9.80. The Bertz CT molecular complexity index is 439. The molecule has 0 spiro atoms. The topological polar surface area (TPSA) is 46.5 Å². The lowest BCUT2D eigenvalue weighted by Gasteiger charge is -2.21. The van der Waals surface area contributed by atoms with Crippen molar-refractivity contribution >= 4 is 17.7 Å². The van der Waals surface area contributed by atoms with Gasteiger partial charge in [-0.15, -0.1) is 0 Å². The van der Waals surface area contributed by atoms with E-state index in [-0.39, 0.29) is 5.56 Å². The van der Waals surface area contributed by atoms with Gasteiger partial charge >= 0.3 is 5.97 Å². The molecule has 3 nitrogen and oxygen atoms in total. The van der Waals surface area contributed by atoms with Gasteiger partial charge in [0.1, 0.15) is 11.3 Å². The minimum atomic E-state index is -0.941. The lowest BCUT2D eigenvalue weighted by atomic mass is 10.0. The summed E-state index contributed by atoms with van der Waals surface area (Å²) < 4.78 is 5.15. The maximum Gasteiger partial charge on any atom is 0.339 e. The molecule has 19 heavy (non-hydrogen) atoms. The Morgan fingerprint density at radius 1 is 1.37 bits per heavy atom. The quantitative estimate of drug-likeness (QED) is 0.886. The van der Waals surface area contributed by atoms with Crippen molar-refractivity contribution in [3.63, 3.8) is 0 Å². The van der Waals surface area contributed by atoms with E-state index in [2.05, 4.69) is 0 Å². The van der Waals surface area contributed by atoms with Gasteiger partial charge in [0.05, 0.1) is 7.11 Å². The van der Waals surface area contributed by atoms with Crippen molar-refractivity contribution in [1.29, 1.82) is 0 Å². The van der Waals surface area contributed by atoms with Gasteiger partial charge in [-0.2, -0.15) is 11.8 Å². The molecule has 4 heteroatoms. The third kappa shape index (κ3) is 3.90. The first-order chi connectivity index (χ1) is 9.20. The molecular formula is C15H20O3S. The number of carbonyl (C=O) groups is 1. The monoisotopic (exact) mass is 280 g/mol. The number of rotatable bonds is 5. The zero-order valence-electron chi connectivity index (χ0n) is 11.2. The number of carboxylic acids is 1. The van der Waals surface area contributed by atoms with Gasteiger partial charge < -0.3 is 9.84 Å². The van der Waals surface area contributed by atoms with E-state index in [1.807, 2.05) is 23.9 Å². The summed E-state index contributed by atoms with van der Waals surface area (Å²) in [6.07, 6.45) is 6.69. The third-order valence-corrected chi connectivity index (χ3v) is 4.98. The summed E-state index contributed by atoms with van der Waals surface area (Å²) in [6, 6.07) is 5.37. The van der Waals surface area contributed by atoms with E-state index in [1.54, 1.807) is 6.07 Å². The molecule has 0 aliphatic heterocycles. The molecule has 1 aromatic rings. The standard InChI is InChI=1S/C15H20O3S/c1-18-14-9-11(7-8-13(14)15(16)17)10-19-12-5-3-2-4-6-12/h7-9,12H,2-6,10H2,1H3,(H,16,17). The van der Waals surface area contributed by atoms with Crippen LogP contribution in [0.25, 0.3) is 0 Å². The Morgan fingerprint density at radius 3 is 2.74 bits per heavy atom. The van der Waals surface area contributed by atoms with Crippen LogP contribution in [0.3, 0.4) is 0 Å². The van der Waals surface area contributed by atoms with Gasteiger partial charge in [-0.3, -0.25) is 0 Å². The molecule has 0 heterocycles. The summed E-state index contributed by atoms with van der Waals surface area (Å²) in [5.41, 5.74) is 1.37. The Hall–Kier alpha value is -1.16. The molecule has 1 N–H and O–H groups in total. The van der Waals surface area contributed by atoms with Crippen LogP contribution >= 0.6 is 11.8 Å². The zero-order valence-corrected chi connectivity index (χ0v) is 12.0. The fourth-order valence-electron chi connectivity index (χ4n) is 2.45. The molecule has 0 amide bonds. The van der Waals surface area contributed by atoms with Crippen LogP contribution in [0.2, 0.25) is 0 Å². The molecule has 0 unspecified atom stereocenters. The van der Waals surface area contributed by atoms with E-state index in [4.69, 9.17) is 9.84 Å². The summed E-state index contributed by atoms with van der Waals surface area (Å²) in [4.78, 5) is 11.0. The van der Waals surface area contributed by atoms with E-state index in [0.29, 0.717) is 5.75 Å². The Labute approximate surface area is 118 Å². The zero-order chi connectivity index (χ0) is 13.7. The van der Waals surface area contributed by atoms with Gasteiger partial charge in [-0.1, -0.05) is 25.3 Å². The van der Waals surface area contributed by atoms with Crippen molar-refractivity contribution in [2.75, 3.05) is 7.11 Å².